The molecule has 2 heteroatoms. The molecule has 0 spiro atoms. The monoisotopic (exact) mass is 524 g/mol. The molecule has 0 amide bonds. The van der Waals surface area contributed by atoms with Gasteiger partial charge in [0, 0.05) is 34.0 Å². The first-order chi connectivity index (χ1) is 20.2. The molecule has 194 valence electrons. The average molecular weight is 525 g/mol. The number of fused-ring (bicyclic) bond motifs is 2. The third-order valence-corrected chi connectivity index (χ3v) is 8.45. The highest BCUT2D eigenvalue weighted by molar-refractivity contribution is 6.30. The number of aromatic nitrogens is 1. The first kappa shape index (κ1) is 23.7. The van der Waals surface area contributed by atoms with Gasteiger partial charge >= 0.3 is 0 Å². The lowest BCUT2D eigenvalue weighted by molar-refractivity contribution is 1.24. The highest BCUT2D eigenvalue weighted by Crippen LogP contribution is 2.44. The zero-order valence-electron chi connectivity index (χ0n) is 23.1. The Kier molecular flexibility index (Phi) is 5.30. The number of pyridine rings is 1. The van der Waals surface area contributed by atoms with Crippen molar-refractivity contribution in [2.75, 3.05) is 4.90 Å². The predicted molar refractivity (Wildman–Crippen MR) is 175 cm³/mol. The van der Waals surface area contributed by atoms with Crippen LogP contribution in [0, 0.1) is 13.8 Å². The lowest BCUT2D eigenvalue weighted by Crippen LogP contribution is -2.11. The summed E-state index contributed by atoms with van der Waals surface area (Å²) in [6, 6.07) is 46.1. The molecule has 8 rings (SSSR count). The first-order valence-corrected chi connectivity index (χ1v) is 14.1. The zero-order valence-corrected chi connectivity index (χ0v) is 23.1. The minimum absolute atomic E-state index is 1.07. The highest BCUT2D eigenvalue weighted by Gasteiger charge is 2.19. The maximum Gasteiger partial charge on any atom is 0.0780 e. The molecule has 0 radical (unpaired) electrons. The Morgan fingerprint density at radius 1 is 0.488 bits per heavy atom. The van der Waals surface area contributed by atoms with Gasteiger partial charge in [-0.05, 0) is 112 Å². The fourth-order valence-corrected chi connectivity index (χ4v) is 6.57. The van der Waals surface area contributed by atoms with Crippen molar-refractivity contribution in [2.24, 2.45) is 0 Å². The van der Waals surface area contributed by atoms with Crippen LogP contribution in [0.2, 0.25) is 0 Å². The first-order valence-electron chi connectivity index (χ1n) is 14.1. The Bertz CT molecular complexity index is 2180. The number of benzene rings is 7. The number of hydrogen-bond acceptors (Lipinski definition) is 2. The summed E-state index contributed by atoms with van der Waals surface area (Å²) in [6.45, 7) is 4.47. The number of nitrogens with zero attached hydrogens (tertiary/aromatic N) is 2. The highest BCUT2D eigenvalue weighted by atomic mass is 15.1. The van der Waals surface area contributed by atoms with E-state index >= 15 is 0 Å². The molecule has 7 aromatic carbocycles. The summed E-state index contributed by atoms with van der Waals surface area (Å²) < 4.78 is 0. The van der Waals surface area contributed by atoms with Gasteiger partial charge in [-0.3, -0.25) is 4.98 Å². The molecule has 1 aromatic heterocycles. The van der Waals surface area contributed by atoms with Crippen LogP contribution in [0.15, 0.2) is 134 Å². The Morgan fingerprint density at radius 2 is 1.15 bits per heavy atom. The van der Waals surface area contributed by atoms with Crippen LogP contribution in [0.25, 0.3) is 54.3 Å². The minimum atomic E-state index is 1.07. The van der Waals surface area contributed by atoms with E-state index in [0.29, 0.717) is 0 Å². The van der Waals surface area contributed by atoms with E-state index in [1.54, 1.807) is 0 Å². The Balaban J connectivity index is 1.35. The molecule has 2 nitrogen and oxygen atoms in total. The van der Waals surface area contributed by atoms with Crippen LogP contribution in [0.5, 0.6) is 0 Å². The Labute approximate surface area is 239 Å². The van der Waals surface area contributed by atoms with Gasteiger partial charge in [0.05, 0.1) is 5.52 Å². The molecule has 0 aliphatic rings. The van der Waals surface area contributed by atoms with Crippen LogP contribution >= 0.6 is 0 Å². The normalized spacial score (nSPS) is 11.7. The third-order valence-electron chi connectivity index (χ3n) is 8.45. The standard InChI is InChI=1S/C39H28N2/c1-25-23-36(41(30-11-5-3-6-12-30)31-13-7-4-8-14-31)26(2)22-35(25)32-18-17-27-15-16-28-24-29-10-9-21-40-39(29)34-20-19-33(32)37(27)38(28)34/h3-24H,1-2H3. The van der Waals surface area contributed by atoms with Crippen LogP contribution < -0.4 is 4.90 Å². The van der Waals surface area contributed by atoms with Gasteiger partial charge in [0.1, 0.15) is 0 Å². The summed E-state index contributed by atoms with van der Waals surface area (Å²) in [5, 5.41) is 8.84. The molecular formula is C39H28N2. The second kappa shape index (κ2) is 9.18. The zero-order chi connectivity index (χ0) is 27.5. The molecule has 0 saturated carbocycles. The molecule has 0 aliphatic carbocycles. The van der Waals surface area contributed by atoms with Gasteiger partial charge in [-0.2, -0.15) is 0 Å². The summed E-state index contributed by atoms with van der Waals surface area (Å²) in [6.07, 6.45) is 1.90. The Hall–Kier alpha value is -5.21. The van der Waals surface area contributed by atoms with Crippen LogP contribution in [0.3, 0.4) is 0 Å². The van der Waals surface area contributed by atoms with Crippen molar-refractivity contribution in [2.45, 2.75) is 13.8 Å². The lowest BCUT2D eigenvalue weighted by atomic mass is 9.87. The van der Waals surface area contributed by atoms with Crippen molar-refractivity contribution < 1.29 is 0 Å². The molecular weight excluding hydrogens is 496 g/mol. The quantitative estimate of drug-likeness (QED) is 0.168. The van der Waals surface area contributed by atoms with E-state index in [0.717, 1.165) is 16.9 Å². The van der Waals surface area contributed by atoms with E-state index in [9.17, 15) is 0 Å². The van der Waals surface area contributed by atoms with E-state index in [4.69, 9.17) is 4.98 Å². The van der Waals surface area contributed by atoms with Gasteiger partial charge in [-0.15, -0.1) is 0 Å². The van der Waals surface area contributed by atoms with E-state index in [2.05, 4.69) is 140 Å². The molecule has 0 atom stereocenters. The van der Waals surface area contributed by atoms with Gasteiger partial charge in [0.2, 0.25) is 0 Å². The third kappa shape index (κ3) is 3.68. The fraction of sp³-hybridized carbons (Fsp3) is 0.0513. The molecule has 0 fully saturated rings. The summed E-state index contributed by atoms with van der Waals surface area (Å²) in [5.41, 5.74) is 9.59. The fourth-order valence-electron chi connectivity index (χ4n) is 6.57. The SMILES string of the molecule is Cc1cc(N(c2ccccc2)c2ccccc2)c(C)cc1-c1ccc2ccc3cc4cccnc4c4ccc1c2c34. The smallest absolute Gasteiger partial charge is 0.0780 e. The molecule has 1 heterocycles. The molecule has 0 unspecified atom stereocenters. The molecule has 41 heavy (non-hydrogen) atoms. The van der Waals surface area contributed by atoms with Crippen molar-refractivity contribution in [1.29, 1.82) is 0 Å². The number of rotatable bonds is 4. The van der Waals surface area contributed by atoms with Crippen molar-refractivity contribution >= 4 is 60.3 Å². The van der Waals surface area contributed by atoms with Gasteiger partial charge in [0.15, 0.2) is 0 Å². The van der Waals surface area contributed by atoms with Crippen LogP contribution in [-0.4, -0.2) is 4.98 Å². The molecule has 0 saturated heterocycles. The van der Waals surface area contributed by atoms with Crippen molar-refractivity contribution in [3.63, 3.8) is 0 Å². The summed E-state index contributed by atoms with van der Waals surface area (Å²) >= 11 is 0. The summed E-state index contributed by atoms with van der Waals surface area (Å²) in [5.74, 6) is 0. The van der Waals surface area contributed by atoms with E-state index in [1.807, 2.05) is 12.3 Å². The molecule has 0 N–H and O–H groups in total. The van der Waals surface area contributed by atoms with Crippen LogP contribution in [0.1, 0.15) is 11.1 Å². The maximum atomic E-state index is 4.76. The van der Waals surface area contributed by atoms with Crippen molar-refractivity contribution in [1.82, 2.24) is 4.98 Å². The predicted octanol–water partition coefficient (Wildman–Crippen LogP) is 10.9. The van der Waals surface area contributed by atoms with E-state index in [-0.39, 0.29) is 0 Å². The van der Waals surface area contributed by atoms with Gasteiger partial charge < -0.3 is 4.90 Å². The Morgan fingerprint density at radius 3 is 1.90 bits per heavy atom. The second-order valence-corrected chi connectivity index (χ2v) is 10.9. The van der Waals surface area contributed by atoms with E-state index in [1.165, 1.54) is 65.6 Å². The average Bonchev–Trinajstić information content (AvgIpc) is 3.02. The summed E-state index contributed by atoms with van der Waals surface area (Å²) in [7, 11) is 0. The summed E-state index contributed by atoms with van der Waals surface area (Å²) in [4.78, 5) is 7.12. The lowest BCUT2D eigenvalue weighted by Gasteiger charge is -2.28. The van der Waals surface area contributed by atoms with Gasteiger partial charge in [0.25, 0.3) is 0 Å². The minimum Gasteiger partial charge on any atom is -0.310 e. The molecule has 0 aliphatic heterocycles. The number of para-hydroxylation sites is 2. The number of anilines is 3. The second-order valence-electron chi connectivity index (χ2n) is 10.9. The largest absolute Gasteiger partial charge is 0.310 e. The molecule has 8 aromatic rings. The van der Waals surface area contributed by atoms with Gasteiger partial charge in [-0.1, -0.05) is 78.9 Å². The molecule has 0 bridgehead atoms. The van der Waals surface area contributed by atoms with Crippen LogP contribution in [-0.2, 0) is 0 Å². The van der Waals surface area contributed by atoms with Crippen LogP contribution in [0.4, 0.5) is 17.1 Å². The topological polar surface area (TPSA) is 16.1 Å². The van der Waals surface area contributed by atoms with Crippen molar-refractivity contribution in [3.05, 3.63) is 145 Å². The number of aryl methyl sites for hydroxylation is 2. The van der Waals surface area contributed by atoms with E-state index < -0.39 is 0 Å². The van der Waals surface area contributed by atoms with Crippen molar-refractivity contribution in [3.8, 4) is 11.1 Å². The van der Waals surface area contributed by atoms with Gasteiger partial charge in [-0.25, -0.2) is 0 Å². The number of hydrogen-bond donors (Lipinski definition) is 0. The maximum absolute atomic E-state index is 4.76.